The molecule has 25 heavy (non-hydrogen) atoms. The van der Waals surface area contributed by atoms with Crippen LogP contribution in [0.15, 0.2) is 0 Å². The van der Waals surface area contributed by atoms with Gasteiger partial charge in [-0.1, -0.05) is 57.3 Å². The van der Waals surface area contributed by atoms with Crippen molar-refractivity contribution in [3.63, 3.8) is 0 Å². The summed E-state index contributed by atoms with van der Waals surface area (Å²) in [7, 11) is 0. The van der Waals surface area contributed by atoms with E-state index in [0.29, 0.717) is 25.6 Å². The second kappa shape index (κ2) is 8.86. The molecular weight excluding hydrogens is 316 g/mol. The Morgan fingerprint density at radius 1 is 1.08 bits per heavy atom. The molecule has 2 aliphatic carbocycles. The number of fused-ring (bicyclic) bond motifs is 2. The van der Waals surface area contributed by atoms with Gasteiger partial charge in [-0.3, -0.25) is 0 Å². The maximum atomic E-state index is 10.3. The number of hydrogen-bond acceptors (Lipinski definition) is 4. The molecule has 0 bridgehead atoms. The van der Waals surface area contributed by atoms with E-state index in [1.165, 1.54) is 38.5 Å². The first-order valence-electron chi connectivity index (χ1n) is 10.3. The molecule has 0 aromatic rings. The Morgan fingerprint density at radius 2 is 1.76 bits per heavy atom. The lowest BCUT2D eigenvalue weighted by molar-refractivity contribution is -0.270. The van der Waals surface area contributed by atoms with Crippen molar-refractivity contribution in [2.24, 2.45) is 17.8 Å². The van der Waals surface area contributed by atoms with Gasteiger partial charge in [0.25, 0.3) is 0 Å². The minimum Gasteiger partial charge on any atom is -0.392 e. The molecule has 3 aliphatic rings. The number of aliphatic hydroxyl groups excluding tert-OH is 2. The molecule has 0 aromatic heterocycles. The Bertz CT molecular complexity index is 474. The van der Waals surface area contributed by atoms with Crippen molar-refractivity contribution >= 4 is 0 Å². The summed E-state index contributed by atoms with van der Waals surface area (Å²) in [6.07, 6.45) is 10.0. The molecule has 1 spiro atoms. The van der Waals surface area contributed by atoms with Gasteiger partial charge < -0.3 is 19.7 Å². The zero-order valence-corrected chi connectivity index (χ0v) is 15.6. The maximum Gasteiger partial charge on any atom is 0.172 e. The molecule has 1 heterocycles. The van der Waals surface area contributed by atoms with E-state index in [-0.39, 0.29) is 11.8 Å². The average molecular weight is 350 g/mol. The molecule has 4 nitrogen and oxygen atoms in total. The van der Waals surface area contributed by atoms with E-state index in [0.717, 1.165) is 19.3 Å². The van der Waals surface area contributed by atoms with Gasteiger partial charge in [0.05, 0.1) is 19.3 Å². The number of rotatable bonds is 8. The smallest absolute Gasteiger partial charge is 0.172 e. The van der Waals surface area contributed by atoms with Crippen LogP contribution in [0.4, 0.5) is 0 Å². The third kappa shape index (κ3) is 4.39. The number of hydrogen-bond donors (Lipinski definition) is 2. The van der Waals surface area contributed by atoms with Crippen LogP contribution in [0.25, 0.3) is 0 Å². The molecule has 1 aliphatic heterocycles. The highest BCUT2D eigenvalue weighted by Crippen LogP contribution is 2.59. The normalized spacial score (nSPS) is 33.6. The van der Waals surface area contributed by atoms with E-state index >= 15 is 0 Å². The SMILES string of the molecule is CCCCCCCCCC(O)C#CC1C(O)CC2C1CC21OCCO1. The van der Waals surface area contributed by atoms with E-state index in [2.05, 4.69) is 18.8 Å². The number of aliphatic hydroxyl groups is 2. The molecular formula is C21H34O4. The highest BCUT2D eigenvalue weighted by Gasteiger charge is 2.64. The minimum absolute atomic E-state index is 0.0351. The van der Waals surface area contributed by atoms with Crippen molar-refractivity contribution in [1.82, 2.24) is 0 Å². The lowest BCUT2D eigenvalue weighted by atomic mass is 9.67. The summed E-state index contributed by atoms with van der Waals surface area (Å²) in [6, 6.07) is 0. The van der Waals surface area contributed by atoms with Gasteiger partial charge in [0.2, 0.25) is 0 Å². The monoisotopic (exact) mass is 350 g/mol. The van der Waals surface area contributed by atoms with Gasteiger partial charge in [-0.05, 0) is 25.2 Å². The minimum atomic E-state index is -0.560. The van der Waals surface area contributed by atoms with Gasteiger partial charge in [0.15, 0.2) is 5.79 Å². The summed E-state index contributed by atoms with van der Waals surface area (Å²) in [5.74, 6) is 6.32. The average Bonchev–Trinajstić information content (AvgIpc) is 3.18. The molecule has 1 saturated heterocycles. The molecule has 0 radical (unpaired) electrons. The van der Waals surface area contributed by atoms with Gasteiger partial charge >= 0.3 is 0 Å². The first-order chi connectivity index (χ1) is 12.2. The van der Waals surface area contributed by atoms with Crippen molar-refractivity contribution in [1.29, 1.82) is 0 Å². The lowest BCUT2D eigenvalue weighted by Gasteiger charge is -2.48. The summed E-state index contributed by atoms with van der Waals surface area (Å²) in [4.78, 5) is 0. The second-order valence-electron chi connectivity index (χ2n) is 8.03. The van der Waals surface area contributed by atoms with Crippen LogP contribution in [-0.4, -0.2) is 41.4 Å². The summed E-state index contributed by atoms with van der Waals surface area (Å²) >= 11 is 0. The van der Waals surface area contributed by atoms with Crippen molar-refractivity contribution in [3.8, 4) is 11.8 Å². The van der Waals surface area contributed by atoms with Crippen LogP contribution in [0, 0.1) is 29.6 Å². The largest absolute Gasteiger partial charge is 0.392 e. The van der Waals surface area contributed by atoms with Gasteiger partial charge in [0.1, 0.15) is 6.10 Å². The van der Waals surface area contributed by atoms with E-state index in [9.17, 15) is 10.2 Å². The fourth-order valence-corrected chi connectivity index (χ4v) is 4.78. The van der Waals surface area contributed by atoms with Crippen molar-refractivity contribution in [2.75, 3.05) is 13.2 Å². The van der Waals surface area contributed by atoms with E-state index in [1.807, 2.05) is 0 Å². The second-order valence-corrected chi connectivity index (χ2v) is 8.03. The molecule has 4 heteroatoms. The Hall–Kier alpha value is -0.600. The molecule has 2 saturated carbocycles. The Morgan fingerprint density at radius 3 is 2.48 bits per heavy atom. The molecule has 2 N–H and O–H groups in total. The summed E-state index contributed by atoms with van der Waals surface area (Å²) in [5.41, 5.74) is 0. The quantitative estimate of drug-likeness (QED) is 0.521. The third-order valence-corrected chi connectivity index (χ3v) is 6.25. The third-order valence-electron chi connectivity index (χ3n) is 6.25. The van der Waals surface area contributed by atoms with E-state index < -0.39 is 18.0 Å². The number of ether oxygens (including phenoxy) is 2. The predicted octanol–water partition coefficient (Wildman–Crippen LogP) is 3.25. The van der Waals surface area contributed by atoms with Crippen LogP contribution < -0.4 is 0 Å². The van der Waals surface area contributed by atoms with Crippen molar-refractivity contribution in [3.05, 3.63) is 0 Å². The maximum absolute atomic E-state index is 10.3. The number of unbranched alkanes of at least 4 members (excludes halogenated alkanes) is 6. The first kappa shape index (κ1) is 19.2. The Labute approximate surface area is 152 Å². The summed E-state index contributed by atoms with van der Waals surface area (Å²) < 4.78 is 11.6. The Balaban J connectivity index is 1.37. The van der Waals surface area contributed by atoms with Crippen LogP contribution in [0.2, 0.25) is 0 Å². The lowest BCUT2D eigenvalue weighted by Crippen LogP contribution is -2.53. The standard InChI is InChI=1S/C21H34O4/c1-2-3-4-5-6-7-8-9-16(22)10-11-17-18-15-21(24-12-13-25-21)19(18)14-20(17)23/h16-20,22-23H,2-9,12-15H2,1H3. The molecule has 5 unspecified atom stereocenters. The summed E-state index contributed by atoms with van der Waals surface area (Å²) in [6.45, 7) is 3.55. The molecule has 142 valence electrons. The van der Waals surface area contributed by atoms with Crippen molar-refractivity contribution < 1.29 is 19.7 Å². The van der Waals surface area contributed by atoms with Crippen LogP contribution in [0.5, 0.6) is 0 Å². The topological polar surface area (TPSA) is 58.9 Å². The van der Waals surface area contributed by atoms with E-state index in [1.54, 1.807) is 0 Å². The Kier molecular flexibility index (Phi) is 6.79. The van der Waals surface area contributed by atoms with Gasteiger partial charge in [-0.25, -0.2) is 0 Å². The zero-order valence-electron chi connectivity index (χ0n) is 15.6. The fraction of sp³-hybridized carbons (Fsp3) is 0.905. The zero-order chi connectivity index (χ0) is 17.7. The highest BCUT2D eigenvalue weighted by atomic mass is 16.7. The van der Waals surface area contributed by atoms with E-state index in [4.69, 9.17) is 9.47 Å². The molecule has 0 amide bonds. The van der Waals surface area contributed by atoms with Gasteiger partial charge in [0, 0.05) is 18.3 Å². The van der Waals surface area contributed by atoms with Crippen LogP contribution in [0.3, 0.4) is 0 Å². The molecule has 3 rings (SSSR count). The predicted molar refractivity (Wildman–Crippen MR) is 96.7 cm³/mol. The van der Waals surface area contributed by atoms with Crippen LogP contribution in [-0.2, 0) is 9.47 Å². The fourth-order valence-electron chi connectivity index (χ4n) is 4.78. The van der Waals surface area contributed by atoms with Gasteiger partial charge in [-0.2, -0.15) is 0 Å². The highest BCUT2D eigenvalue weighted by molar-refractivity contribution is 5.19. The van der Waals surface area contributed by atoms with Crippen LogP contribution in [0.1, 0.15) is 71.1 Å². The first-order valence-corrected chi connectivity index (χ1v) is 10.3. The van der Waals surface area contributed by atoms with Crippen LogP contribution >= 0.6 is 0 Å². The molecule has 5 atom stereocenters. The molecule has 0 aromatic carbocycles. The summed E-state index contributed by atoms with van der Waals surface area (Å²) in [5, 5.41) is 20.5. The molecule has 3 fully saturated rings. The van der Waals surface area contributed by atoms with Crippen molar-refractivity contribution in [2.45, 2.75) is 89.1 Å². The van der Waals surface area contributed by atoms with Gasteiger partial charge in [-0.15, -0.1) is 0 Å².